The summed E-state index contributed by atoms with van der Waals surface area (Å²) in [6, 6.07) is 4.45. The molecule has 0 radical (unpaired) electrons. The highest BCUT2D eigenvalue weighted by molar-refractivity contribution is 5.98. The van der Waals surface area contributed by atoms with Gasteiger partial charge in [-0.1, -0.05) is 26.0 Å². The van der Waals surface area contributed by atoms with Crippen molar-refractivity contribution in [2.24, 2.45) is 23.3 Å². The highest BCUT2D eigenvalue weighted by Gasteiger charge is 2.45. The molecule has 14 heteroatoms. The Morgan fingerprint density at radius 3 is 2.15 bits per heavy atom. The Balaban J connectivity index is 1.57. The monoisotopic (exact) mass is 643 g/mol. The molecule has 0 aliphatic carbocycles. The second kappa shape index (κ2) is 17.5. The number of carbonyl (C=O) groups is 6. The van der Waals surface area contributed by atoms with Gasteiger partial charge >= 0.3 is 12.0 Å². The van der Waals surface area contributed by atoms with Crippen molar-refractivity contribution in [1.82, 2.24) is 20.9 Å². The summed E-state index contributed by atoms with van der Waals surface area (Å²) >= 11 is 0. The Labute approximate surface area is 270 Å². The summed E-state index contributed by atoms with van der Waals surface area (Å²) in [4.78, 5) is 77.6. The van der Waals surface area contributed by atoms with E-state index >= 15 is 0 Å². The fourth-order valence-corrected chi connectivity index (χ4v) is 6.24. The first-order valence-corrected chi connectivity index (χ1v) is 16.0. The van der Waals surface area contributed by atoms with Gasteiger partial charge in [-0.15, -0.1) is 0 Å². The van der Waals surface area contributed by atoms with Crippen LogP contribution >= 0.6 is 0 Å². The predicted octanol–water partition coefficient (Wildman–Crippen LogP) is 1.27. The summed E-state index contributed by atoms with van der Waals surface area (Å²) in [6.45, 7) is 4.25. The number of fused-ring (bicyclic) bond motifs is 2. The lowest BCUT2D eigenvalue weighted by Gasteiger charge is -2.38. The Morgan fingerprint density at radius 1 is 0.935 bits per heavy atom. The van der Waals surface area contributed by atoms with Gasteiger partial charge in [0, 0.05) is 43.7 Å². The number of methoxy groups -OCH3 is 1. The van der Waals surface area contributed by atoms with Gasteiger partial charge in [-0.2, -0.15) is 0 Å². The van der Waals surface area contributed by atoms with E-state index in [1.54, 1.807) is 38.1 Å². The van der Waals surface area contributed by atoms with Crippen LogP contribution in [0.4, 0.5) is 10.5 Å². The van der Waals surface area contributed by atoms with Crippen molar-refractivity contribution in [1.29, 1.82) is 0 Å². The highest BCUT2D eigenvalue weighted by Crippen LogP contribution is 2.39. The molecule has 2 bridgehead atoms. The minimum atomic E-state index is -0.940. The van der Waals surface area contributed by atoms with Crippen LogP contribution in [0, 0.1) is 11.8 Å². The van der Waals surface area contributed by atoms with Crippen LogP contribution in [0.1, 0.15) is 77.2 Å². The third-order valence-corrected chi connectivity index (χ3v) is 8.70. The maximum absolute atomic E-state index is 13.4. The van der Waals surface area contributed by atoms with Crippen LogP contribution in [-0.2, 0) is 35.3 Å². The van der Waals surface area contributed by atoms with Crippen molar-refractivity contribution in [3.63, 3.8) is 0 Å². The number of anilines is 1. The normalized spacial score (nSPS) is 19.9. The maximum Gasteiger partial charge on any atom is 0.312 e. The van der Waals surface area contributed by atoms with Gasteiger partial charge in [0.15, 0.2) is 0 Å². The average molecular weight is 644 g/mol. The molecule has 14 nitrogen and oxygen atoms in total. The number of unbranched alkanes of at least 4 members (excludes halogenated alkanes) is 1. The minimum absolute atomic E-state index is 0.0124. The van der Waals surface area contributed by atoms with Gasteiger partial charge in [0.05, 0.1) is 13.0 Å². The number of esters is 1. The summed E-state index contributed by atoms with van der Waals surface area (Å²) in [5, 5.41) is 10.9. The van der Waals surface area contributed by atoms with Crippen molar-refractivity contribution in [2.75, 3.05) is 19.0 Å². The first-order valence-electron chi connectivity index (χ1n) is 16.0. The van der Waals surface area contributed by atoms with Crippen molar-refractivity contribution in [3.05, 3.63) is 29.8 Å². The Kier molecular flexibility index (Phi) is 13.8. The molecule has 2 unspecified atom stereocenters. The quantitative estimate of drug-likeness (QED) is 0.114. The summed E-state index contributed by atoms with van der Waals surface area (Å²) in [5.41, 5.74) is 12.2. The van der Waals surface area contributed by atoms with Gasteiger partial charge in [0.25, 0.3) is 0 Å². The predicted molar refractivity (Wildman–Crippen MR) is 171 cm³/mol. The first-order chi connectivity index (χ1) is 21.9. The van der Waals surface area contributed by atoms with E-state index in [-0.39, 0.29) is 55.1 Å². The number of urea groups is 1. The number of nitrogens with zero attached hydrogens (tertiary/aromatic N) is 1. The molecule has 1 aromatic carbocycles. The molecule has 2 aliphatic heterocycles. The Bertz CT molecular complexity index is 1230. The number of nitrogens with one attached hydrogen (secondary N) is 4. The van der Waals surface area contributed by atoms with E-state index in [4.69, 9.17) is 16.2 Å². The van der Waals surface area contributed by atoms with E-state index in [1.165, 1.54) is 7.11 Å². The molecule has 0 saturated carbocycles. The maximum atomic E-state index is 13.4. The summed E-state index contributed by atoms with van der Waals surface area (Å²) < 4.78 is 4.90. The number of hydrogen-bond donors (Lipinski definition) is 6. The molecule has 1 aromatic rings. The SMILES string of the molecule is COC(=O)C1CC2CCC(C1)N2C(=O)CCC(=O)N[C@H](C(=O)N[C@@H](CCCCNC(N)=O)C(=O)Nc1ccc(CN)cc1)C(C)C. The van der Waals surface area contributed by atoms with Gasteiger partial charge < -0.3 is 42.4 Å². The van der Waals surface area contributed by atoms with Gasteiger partial charge in [0.2, 0.25) is 23.6 Å². The van der Waals surface area contributed by atoms with Crippen LogP contribution in [0.3, 0.4) is 0 Å². The fourth-order valence-electron chi connectivity index (χ4n) is 6.24. The van der Waals surface area contributed by atoms with Gasteiger partial charge in [-0.3, -0.25) is 24.0 Å². The van der Waals surface area contributed by atoms with Crippen molar-refractivity contribution < 1.29 is 33.5 Å². The number of piperidine rings is 1. The number of nitrogens with two attached hydrogens (primary N) is 2. The van der Waals surface area contributed by atoms with Crippen LogP contribution in [0.15, 0.2) is 24.3 Å². The van der Waals surface area contributed by atoms with E-state index in [2.05, 4.69) is 21.3 Å². The molecule has 2 fully saturated rings. The van der Waals surface area contributed by atoms with Crippen molar-refractivity contribution >= 4 is 41.3 Å². The molecule has 3 rings (SSSR count). The zero-order valence-electron chi connectivity index (χ0n) is 27.0. The van der Waals surface area contributed by atoms with Crippen molar-refractivity contribution in [3.8, 4) is 0 Å². The van der Waals surface area contributed by atoms with E-state index in [0.29, 0.717) is 44.5 Å². The van der Waals surface area contributed by atoms with Crippen LogP contribution < -0.4 is 32.7 Å². The third-order valence-electron chi connectivity index (χ3n) is 8.70. The second-order valence-electron chi connectivity index (χ2n) is 12.4. The summed E-state index contributed by atoms with van der Waals surface area (Å²) in [6.07, 6.45) is 3.98. The molecule has 8 N–H and O–H groups in total. The molecule has 0 spiro atoms. The zero-order chi connectivity index (χ0) is 33.8. The highest BCUT2D eigenvalue weighted by atomic mass is 16.5. The van der Waals surface area contributed by atoms with Crippen LogP contribution in [-0.4, -0.2) is 78.4 Å². The molecule has 2 heterocycles. The summed E-state index contributed by atoms with van der Waals surface area (Å²) in [7, 11) is 1.37. The standard InChI is InChI=1S/C32H49N7O7/c1-19(2)28(38-26(40)13-14-27(41)39-23-11-12-24(39)17-21(16-23)31(44)46-3)30(43)37-25(6-4-5-15-35-32(34)45)29(42)36-22-9-7-20(18-33)8-10-22/h7-10,19,21,23-25,28H,4-6,11-18,33H2,1-3H3,(H,36,42)(H,37,43)(H,38,40)(H3,34,35,45)/t21?,23?,24?,25-,28-/m0/s1. The van der Waals surface area contributed by atoms with Crippen molar-refractivity contribution in [2.45, 2.75) is 102 Å². The molecule has 2 aliphatic rings. The zero-order valence-corrected chi connectivity index (χ0v) is 27.0. The van der Waals surface area contributed by atoms with E-state index in [9.17, 15) is 28.8 Å². The Morgan fingerprint density at radius 2 is 1.59 bits per heavy atom. The van der Waals surface area contributed by atoms with Gasteiger partial charge in [-0.25, -0.2) is 4.79 Å². The Hall–Kier alpha value is -4.20. The van der Waals surface area contributed by atoms with E-state index in [0.717, 1.165) is 18.4 Å². The molecule has 6 amide bonds. The van der Waals surface area contributed by atoms with Gasteiger partial charge in [-0.05, 0) is 68.6 Å². The number of amides is 6. The number of benzene rings is 1. The first kappa shape index (κ1) is 36.3. The van der Waals surface area contributed by atoms with Crippen LogP contribution in [0.5, 0.6) is 0 Å². The summed E-state index contributed by atoms with van der Waals surface area (Å²) in [5.74, 6) is -2.30. The lowest BCUT2D eigenvalue weighted by molar-refractivity contribution is -0.151. The second-order valence-corrected chi connectivity index (χ2v) is 12.4. The number of hydrogen-bond acceptors (Lipinski definition) is 8. The van der Waals surface area contributed by atoms with Gasteiger partial charge in [0.1, 0.15) is 12.1 Å². The number of ether oxygens (including phenoxy) is 1. The molecular weight excluding hydrogens is 594 g/mol. The smallest absolute Gasteiger partial charge is 0.312 e. The average Bonchev–Trinajstić information content (AvgIpc) is 3.29. The molecule has 2 saturated heterocycles. The lowest BCUT2D eigenvalue weighted by atomic mass is 9.90. The number of rotatable bonds is 16. The van der Waals surface area contributed by atoms with E-state index in [1.807, 2.05) is 4.90 Å². The lowest BCUT2D eigenvalue weighted by Crippen LogP contribution is -2.54. The number of primary amides is 1. The third kappa shape index (κ3) is 10.4. The fraction of sp³-hybridized carbons (Fsp3) is 0.625. The molecule has 4 atom stereocenters. The van der Waals surface area contributed by atoms with Crippen LogP contribution in [0.25, 0.3) is 0 Å². The minimum Gasteiger partial charge on any atom is -0.469 e. The molecule has 0 aromatic heterocycles. The topological polar surface area (TPSA) is 215 Å². The largest absolute Gasteiger partial charge is 0.469 e. The molecular formula is C32H49N7O7. The molecule has 254 valence electrons. The number of carbonyl (C=O) groups excluding carboxylic acids is 6. The van der Waals surface area contributed by atoms with E-state index < -0.39 is 35.8 Å². The molecule has 46 heavy (non-hydrogen) atoms. The van der Waals surface area contributed by atoms with Crippen LogP contribution in [0.2, 0.25) is 0 Å².